The second-order valence-electron chi connectivity index (χ2n) is 7.66. The largest absolute Gasteiger partial charge is 0.480 e. The Kier molecular flexibility index (Phi) is 7.11. The van der Waals surface area contributed by atoms with Crippen LogP contribution in [0.5, 0.6) is 5.75 Å². The lowest BCUT2D eigenvalue weighted by molar-refractivity contribution is -0.128. The average Bonchev–Trinajstić information content (AvgIpc) is 2.70. The molecule has 4 nitrogen and oxygen atoms in total. The summed E-state index contributed by atoms with van der Waals surface area (Å²) >= 11 is 0. The van der Waals surface area contributed by atoms with Crippen LogP contribution in [0.4, 0.5) is 0 Å². The predicted molar refractivity (Wildman–Crippen MR) is 111 cm³/mol. The van der Waals surface area contributed by atoms with Crippen LogP contribution in [0.2, 0.25) is 0 Å². The number of carbonyl (C=O) groups is 1. The van der Waals surface area contributed by atoms with Crippen LogP contribution >= 0.6 is 0 Å². The molecule has 1 amide bonds. The average molecular weight is 369 g/mol. The molecule has 0 unspecified atom stereocenters. The van der Waals surface area contributed by atoms with Gasteiger partial charge in [0.2, 0.25) is 0 Å². The molecule has 2 aromatic rings. The summed E-state index contributed by atoms with van der Waals surface area (Å²) in [5.74, 6) is 1.62. The van der Waals surface area contributed by atoms with E-state index in [4.69, 9.17) is 4.74 Å². The fourth-order valence-corrected chi connectivity index (χ4v) is 3.69. The van der Waals surface area contributed by atoms with Gasteiger partial charge in [0.15, 0.2) is 6.10 Å². The van der Waals surface area contributed by atoms with Crippen molar-refractivity contribution < 1.29 is 9.53 Å². The van der Waals surface area contributed by atoms with E-state index in [1.165, 1.54) is 25.9 Å². The first kappa shape index (κ1) is 19.7. The smallest absolute Gasteiger partial charge is 0.261 e. The van der Waals surface area contributed by atoms with E-state index in [9.17, 15) is 4.79 Å². The lowest BCUT2D eigenvalue weighted by Gasteiger charge is -2.30. The van der Waals surface area contributed by atoms with E-state index in [0.29, 0.717) is 13.0 Å². The molecule has 0 spiro atoms. The van der Waals surface area contributed by atoms with E-state index >= 15 is 0 Å². The molecule has 1 saturated heterocycles. The third-order valence-corrected chi connectivity index (χ3v) is 5.51. The zero-order chi connectivity index (χ0) is 19.1. The molecule has 1 aliphatic rings. The van der Waals surface area contributed by atoms with Crippen LogP contribution in [0.3, 0.4) is 0 Å². The minimum absolute atomic E-state index is 0.0160. The molecule has 1 heterocycles. The lowest BCUT2D eigenvalue weighted by atomic mass is 9.99. The second-order valence-corrected chi connectivity index (χ2v) is 7.66. The quantitative estimate of drug-likeness (QED) is 0.709. The number of rotatable bonds is 8. The lowest BCUT2D eigenvalue weighted by Crippen LogP contribution is -2.40. The highest BCUT2D eigenvalue weighted by molar-refractivity contribution is 5.89. The van der Waals surface area contributed by atoms with Gasteiger partial charge in [-0.25, -0.2) is 0 Å². The van der Waals surface area contributed by atoms with Crippen molar-refractivity contribution in [1.82, 2.24) is 10.2 Å². The van der Waals surface area contributed by atoms with Crippen molar-refractivity contribution in [3.05, 3.63) is 42.5 Å². The normalized spacial score (nSPS) is 17.0. The van der Waals surface area contributed by atoms with E-state index in [0.717, 1.165) is 35.4 Å². The van der Waals surface area contributed by atoms with Crippen LogP contribution in [0.15, 0.2) is 42.5 Å². The van der Waals surface area contributed by atoms with Gasteiger partial charge in [-0.2, -0.15) is 0 Å². The molecule has 2 aromatic carbocycles. The number of piperidine rings is 1. The number of nitrogens with zero attached hydrogens (tertiary/aromatic N) is 1. The summed E-state index contributed by atoms with van der Waals surface area (Å²) in [7, 11) is 0. The molecule has 1 atom stereocenters. The van der Waals surface area contributed by atoms with E-state index < -0.39 is 6.10 Å². The van der Waals surface area contributed by atoms with Crippen molar-refractivity contribution in [2.45, 2.75) is 45.6 Å². The summed E-state index contributed by atoms with van der Waals surface area (Å²) < 4.78 is 6.08. The standard InChI is InChI=1S/C23H32N2O2/c1-3-21(27-22-11-6-9-19-8-4-5-10-20(19)22)23(26)24-14-7-15-25-16-12-18(2)13-17-25/h4-6,8-11,18,21H,3,7,12-17H2,1-2H3,(H,24,26)/t21-/m0/s1. The molecule has 0 saturated carbocycles. The van der Waals surface area contributed by atoms with E-state index in [1.807, 2.05) is 37.3 Å². The van der Waals surface area contributed by atoms with E-state index in [2.05, 4.69) is 29.3 Å². The summed E-state index contributed by atoms with van der Waals surface area (Å²) in [6.45, 7) is 8.48. The molecule has 4 heteroatoms. The monoisotopic (exact) mass is 368 g/mol. The predicted octanol–water partition coefficient (Wildman–Crippen LogP) is 4.24. The fourth-order valence-electron chi connectivity index (χ4n) is 3.69. The summed E-state index contributed by atoms with van der Waals surface area (Å²) in [4.78, 5) is 15.1. The molecule has 146 valence electrons. The van der Waals surface area contributed by atoms with E-state index in [-0.39, 0.29) is 5.91 Å². The minimum atomic E-state index is -0.452. The molecular formula is C23H32N2O2. The first-order valence-corrected chi connectivity index (χ1v) is 10.3. The molecule has 27 heavy (non-hydrogen) atoms. The van der Waals surface area contributed by atoms with Crippen LogP contribution < -0.4 is 10.1 Å². The Hall–Kier alpha value is -2.07. The first-order chi connectivity index (χ1) is 13.2. The Labute approximate surface area is 162 Å². The Morgan fingerprint density at radius 1 is 1.19 bits per heavy atom. The third-order valence-electron chi connectivity index (χ3n) is 5.51. The molecule has 0 aromatic heterocycles. The highest BCUT2D eigenvalue weighted by atomic mass is 16.5. The molecule has 3 rings (SSSR count). The Balaban J connectivity index is 1.47. The van der Waals surface area contributed by atoms with Gasteiger partial charge in [0, 0.05) is 11.9 Å². The zero-order valence-electron chi connectivity index (χ0n) is 16.6. The summed E-state index contributed by atoms with van der Waals surface area (Å²) in [5.41, 5.74) is 0. The molecule has 0 aliphatic carbocycles. The molecule has 1 aliphatic heterocycles. The van der Waals surface area contributed by atoms with Crippen LogP contribution in [0, 0.1) is 5.92 Å². The van der Waals surface area contributed by atoms with Gasteiger partial charge in [-0.3, -0.25) is 4.79 Å². The Bertz CT molecular complexity index is 733. The number of hydrogen-bond acceptors (Lipinski definition) is 3. The number of amides is 1. The topological polar surface area (TPSA) is 41.6 Å². The van der Waals surface area contributed by atoms with Crippen molar-refractivity contribution in [2.24, 2.45) is 5.92 Å². The van der Waals surface area contributed by atoms with Gasteiger partial charge in [0.25, 0.3) is 5.91 Å². The third kappa shape index (κ3) is 5.46. The van der Waals surface area contributed by atoms with Gasteiger partial charge in [-0.15, -0.1) is 0 Å². The van der Waals surface area contributed by atoms with Gasteiger partial charge >= 0.3 is 0 Å². The zero-order valence-corrected chi connectivity index (χ0v) is 16.6. The van der Waals surface area contributed by atoms with Crippen molar-refractivity contribution in [3.63, 3.8) is 0 Å². The number of fused-ring (bicyclic) bond motifs is 1. The number of benzene rings is 2. The van der Waals surface area contributed by atoms with Crippen molar-refractivity contribution >= 4 is 16.7 Å². The van der Waals surface area contributed by atoms with Crippen molar-refractivity contribution in [1.29, 1.82) is 0 Å². The van der Waals surface area contributed by atoms with Crippen LogP contribution in [-0.2, 0) is 4.79 Å². The highest BCUT2D eigenvalue weighted by Crippen LogP contribution is 2.26. The first-order valence-electron chi connectivity index (χ1n) is 10.3. The molecule has 1 N–H and O–H groups in total. The summed E-state index contributed by atoms with van der Waals surface area (Å²) in [6.07, 6.45) is 3.78. The SMILES string of the molecule is CC[C@H](Oc1cccc2ccccc12)C(=O)NCCCN1CCC(C)CC1. The number of hydrogen-bond donors (Lipinski definition) is 1. The Morgan fingerprint density at radius 2 is 1.93 bits per heavy atom. The molecule has 0 radical (unpaired) electrons. The van der Waals surface area contributed by atoms with Gasteiger partial charge in [0.1, 0.15) is 5.75 Å². The molecule has 1 fully saturated rings. The van der Waals surface area contributed by atoms with Crippen molar-refractivity contribution in [3.8, 4) is 5.75 Å². The minimum Gasteiger partial charge on any atom is -0.480 e. The van der Waals surface area contributed by atoms with Gasteiger partial charge in [0.05, 0.1) is 0 Å². The van der Waals surface area contributed by atoms with Crippen LogP contribution in [0.1, 0.15) is 39.5 Å². The molecular weight excluding hydrogens is 336 g/mol. The Morgan fingerprint density at radius 3 is 2.70 bits per heavy atom. The summed E-state index contributed by atoms with van der Waals surface area (Å²) in [6, 6.07) is 14.1. The number of likely N-dealkylation sites (tertiary alicyclic amines) is 1. The van der Waals surface area contributed by atoms with Gasteiger partial charge in [-0.1, -0.05) is 50.2 Å². The number of carbonyl (C=O) groups excluding carboxylic acids is 1. The molecule has 0 bridgehead atoms. The van der Waals surface area contributed by atoms with Crippen LogP contribution in [-0.4, -0.2) is 43.1 Å². The maximum absolute atomic E-state index is 12.6. The number of nitrogens with one attached hydrogen (secondary N) is 1. The highest BCUT2D eigenvalue weighted by Gasteiger charge is 2.19. The number of ether oxygens (including phenoxy) is 1. The summed E-state index contributed by atoms with van der Waals surface area (Å²) in [5, 5.41) is 5.23. The van der Waals surface area contributed by atoms with Gasteiger partial charge in [-0.05, 0) is 62.7 Å². The van der Waals surface area contributed by atoms with E-state index in [1.54, 1.807) is 0 Å². The second kappa shape index (κ2) is 9.75. The maximum atomic E-state index is 12.6. The maximum Gasteiger partial charge on any atom is 0.261 e. The fraction of sp³-hybridized carbons (Fsp3) is 0.522. The van der Waals surface area contributed by atoms with Gasteiger partial charge < -0.3 is 15.0 Å². The van der Waals surface area contributed by atoms with Crippen LogP contribution in [0.25, 0.3) is 10.8 Å². The van der Waals surface area contributed by atoms with Crippen molar-refractivity contribution in [2.75, 3.05) is 26.2 Å².